The minimum absolute atomic E-state index is 0.265. The predicted octanol–water partition coefficient (Wildman–Crippen LogP) is 4.54. The quantitative estimate of drug-likeness (QED) is 0.619. The van der Waals surface area contributed by atoms with E-state index in [0.29, 0.717) is 22.3 Å². The molecule has 2 aromatic heterocycles. The number of nitrogens with one attached hydrogen (secondary N) is 1. The number of rotatable bonds is 5. The molecule has 0 spiro atoms. The van der Waals surface area contributed by atoms with Crippen molar-refractivity contribution in [3.8, 4) is 11.1 Å². The zero-order chi connectivity index (χ0) is 18.2. The Hall–Kier alpha value is -1.43. The number of aromatic nitrogens is 1. The lowest BCUT2D eigenvalue weighted by atomic mass is 10.1. The van der Waals surface area contributed by atoms with Gasteiger partial charge in [-0.15, -0.1) is 0 Å². The molecule has 0 fully saturated rings. The topological polar surface area (TPSA) is 79.4 Å². The van der Waals surface area contributed by atoms with Crippen molar-refractivity contribution in [1.29, 1.82) is 0 Å². The van der Waals surface area contributed by atoms with Crippen molar-refractivity contribution in [3.63, 3.8) is 0 Å². The Morgan fingerprint density at radius 2 is 2.16 bits per heavy atom. The van der Waals surface area contributed by atoms with Crippen molar-refractivity contribution < 1.29 is 14.0 Å². The number of hydrogen-bond acceptors (Lipinski definition) is 4. The number of hydrogen-bond donors (Lipinski definition) is 2. The maximum absolute atomic E-state index is 12.5. The molecule has 0 bridgehead atoms. The van der Waals surface area contributed by atoms with Crippen LogP contribution < -0.4 is 10.9 Å². The van der Waals surface area contributed by atoms with Gasteiger partial charge in [0.15, 0.2) is 0 Å². The van der Waals surface area contributed by atoms with Crippen molar-refractivity contribution in [2.24, 2.45) is 0 Å². The molecule has 0 saturated carbocycles. The smallest absolute Gasteiger partial charge is 0.321 e. The van der Waals surface area contributed by atoms with E-state index in [1.54, 1.807) is 30.4 Å². The van der Waals surface area contributed by atoms with Crippen LogP contribution in [0, 0.1) is 0 Å². The Bertz CT molecular complexity index is 1020. The molecule has 8 heteroatoms. The van der Waals surface area contributed by atoms with E-state index in [2.05, 4.69) is 4.98 Å². The van der Waals surface area contributed by atoms with Crippen LogP contribution in [0.1, 0.15) is 20.3 Å². The van der Waals surface area contributed by atoms with Crippen LogP contribution in [0.4, 0.5) is 0 Å². The van der Waals surface area contributed by atoms with Crippen molar-refractivity contribution >= 4 is 46.7 Å². The van der Waals surface area contributed by atoms with Crippen LogP contribution >= 0.6 is 30.5 Å². The third-order valence-electron chi connectivity index (χ3n) is 3.95. The van der Waals surface area contributed by atoms with Crippen molar-refractivity contribution in [3.05, 3.63) is 50.4 Å². The highest BCUT2D eigenvalue weighted by Crippen LogP contribution is 2.42. The fourth-order valence-corrected chi connectivity index (χ4v) is 4.73. The molecule has 3 rings (SSSR count). The molecule has 1 aromatic carbocycles. The second kappa shape index (κ2) is 7.06. The summed E-state index contributed by atoms with van der Waals surface area (Å²) in [6, 6.07) is 6.78. The van der Waals surface area contributed by atoms with E-state index < -0.39 is 19.3 Å². The Morgan fingerprint density at radius 1 is 1.40 bits per heavy atom. The van der Waals surface area contributed by atoms with E-state index in [4.69, 9.17) is 16.1 Å². The molecule has 5 nitrogen and oxygen atoms in total. The van der Waals surface area contributed by atoms with E-state index in [9.17, 15) is 14.3 Å². The van der Waals surface area contributed by atoms with Crippen LogP contribution in [-0.2, 0) is 9.09 Å². The van der Waals surface area contributed by atoms with E-state index in [1.807, 2.05) is 23.8 Å². The van der Waals surface area contributed by atoms with E-state index in [-0.39, 0.29) is 5.30 Å². The van der Waals surface area contributed by atoms with Gasteiger partial charge in [0, 0.05) is 11.1 Å². The summed E-state index contributed by atoms with van der Waals surface area (Å²) < 4.78 is 17.7. The van der Waals surface area contributed by atoms with Crippen LogP contribution in [0.3, 0.4) is 0 Å². The molecule has 2 atom stereocenters. The number of halogens is 1. The zero-order valence-corrected chi connectivity index (χ0v) is 16.1. The van der Waals surface area contributed by atoms with Gasteiger partial charge in [0.2, 0.25) is 0 Å². The molecule has 0 aliphatic heterocycles. The first-order chi connectivity index (χ1) is 11.8. The van der Waals surface area contributed by atoms with Crippen LogP contribution in [0.25, 0.3) is 22.0 Å². The Balaban J connectivity index is 2.16. The largest absolute Gasteiger partial charge is 0.364 e. The lowest BCUT2D eigenvalue weighted by Gasteiger charge is -2.16. The fourth-order valence-electron chi connectivity index (χ4n) is 2.44. The molecule has 2 heterocycles. The molecule has 0 radical (unpaired) electrons. The second-order valence-corrected chi connectivity index (χ2v) is 8.68. The third kappa shape index (κ3) is 3.73. The van der Waals surface area contributed by atoms with Gasteiger partial charge < -0.3 is 14.4 Å². The number of H-pyrrole nitrogens is 1. The number of fused-ring (bicyclic) bond motifs is 1. The average molecular weight is 398 g/mol. The Kier molecular flexibility index (Phi) is 5.19. The summed E-state index contributed by atoms with van der Waals surface area (Å²) >= 11 is 7.86. The monoisotopic (exact) mass is 397 g/mol. The van der Waals surface area contributed by atoms with Gasteiger partial charge in [-0.3, -0.25) is 9.36 Å². The summed E-state index contributed by atoms with van der Waals surface area (Å²) in [6.45, 7) is 3.52. The van der Waals surface area contributed by atoms with Gasteiger partial charge in [-0.2, -0.15) is 11.3 Å². The van der Waals surface area contributed by atoms with Crippen LogP contribution in [0.2, 0.25) is 5.02 Å². The lowest BCUT2D eigenvalue weighted by Crippen LogP contribution is -2.29. The lowest BCUT2D eigenvalue weighted by molar-refractivity contribution is 0.192. The summed E-state index contributed by atoms with van der Waals surface area (Å²) in [5.74, 6) is 0. The molecule has 0 amide bonds. The van der Waals surface area contributed by atoms with Crippen molar-refractivity contribution in [1.82, 2.24) is 4.98 Å². The first-order valence-corrected chi connectivity index (χ1v) is 10.6. The molecule has 0 saturated heterocycles. The summed E-state index contributed by atoms with van der Waals surface area (Å²) in [5.41, 5.74) is 1.60. The number of aromatic amines is 1. The normalized spacial score (nSPS) is 15.2. The van der Waals surface area contributed by atoms with Crippen LogP contribution in [0.15, 0.2) is 39.8 Å². The fraction of sp³-hybridized carbons (Fsp3) is 0.235. The average Bonchev–Trinajstić information content (AvgIpc) is 3.07. The molecule has 132 valence electrons. The highest BCUT2D eigenvalue weighted by Gasteiger charge is 2.29. The minimum Gasteiger partial charge on any atom is -0.321 e. The summed E-state index contributed by atoms with van der Waals surface area (Å²) in [5, 5.41) is 4.75. The molecule has 0 aliphatic carbocycles. The highest BCUT2D eigenvalue weighted by atomic mass is 35.5. The van der Waals surface area contributed by atoms with E-state index in [0.717, 1.165) is 11.1 Å². The Morgan fingerprint density at radius 3 is 2.80 bits per heavy atom. The first kappa shape index (κ1) is 18.4. The van der Waals surface area contributed by atoms with Crippen LogP contribution in [0.5, 0.6) is 0 Å². The molecule has 2 unspecified atom stereocenters. The van der Waals surface area contributed by atoms with Crippen molar-refractivity contribution in [2.75, 3.05) is 0 Å². The predicted molar refractivity (Wildman–Crippen MR) is 103 cm³/mol. The summed E-state index contributed by atoms with van der Waals surface area (Å²) in [4.78, 5) is 25.1. The third-order valence-corrected chi connectivity index (χ3v) is 6.53. The molecular weight excluding hydrogens is 381 g/mol. The molecule has 2 N–H and O–H groups in total. The standard InChI is InChI=1S/C17H17ClNO4PS/c1-3-10(2)23-24(21,22)16-7-12-6-13(11-4-5-25-9-11)14(18)8-15(12)19-17(16)20/h4-10H,3H2,1-2H3,(H,19,20)(H,21,22). The second-order valence-electron chi connectivity index (χ2n) is 5.76. The zero-order valence-electron chi connectivity index (χ0n) is 13.7. The molecule has 0 aliphatic rings. The van der Waals surface area contributed by atoms with Gasteiger partial charge in [-0.25, -0.2) is 0 Å². The number of pyridine rings is 1. The molecular formula is C17H17ClNO4PS. The van der Waals surface area contributed by atoms with Crippen molar-refractivity contribution in [2.45, 2.75) is 26.4 Å². The van der Waals surface area contributed by atoms with Gasteiger partial charge >= 0.3 is 7.60 Å². The van der Waals surface area contributed by atoms with Gasteiger partial charge in [0.1, 0.15) is 5.30 Å². The summed E-state index contributed by atoms with van der Waals surface area (Å²) in [6.07, 6.45) is 0.131. The van der Waals surface area contributed by atoms with E-state index >= 15 is 0 Å². The number of thiophene rings is 1. The number of benzene rings is 1. The van der Waals surface area contributed by atoms with Gasteiger partial charge in [0.05, 0.1) is 11.1 Å². The summed E-state index contributed by atoms with van der Waals surface area (Å²) in [7, 11) is -4.22. The van der Waals surface area contributed by atoms with Gasteiger partial charge in [-0.1, -0.05) is 18.5 Å². The Labute approximate surface area is 153 Å². The SMILES string of the molecule is CCC(C)OP(=O)(O)c1cc2cc(-c3ccsc3)c(Cl)cc2[nH]c1=O. The van der Waals surface area contributed by atoms with Gasteiger partial charge in [0.25, 0.3) is 5.56 Å². The molecule has 25 heavy (non-hydrogen) atoms. The minimum atomic E-state index is -4.22. The maximum atomic E-state index is 12.5. The maximum Gasteiger partial charge on any atom is 0.364 e. The molecule has 3 aromatic rings. The van der Waals surface area contributed by atoms with E-state index in [1.165, 1.54) is 6.07 Å². The van der Waals surface area contributed by atoms with Gasteiger partial charge in [-0.05, 0) is 59.3 Å². The van der Waals surface area contributed by atoms with Crippen LogP contribution in [-0.4, -0.2) is 16.0 Å². The highest BCUT2D eigenvalue weighted by molar-refractivity contribution is 7.61. The first-order valence-electron chi connectivity index (χ1n) is 7.72.